The van der Waals surface area contributed by atoms with Crippen molar-refractivity contribution in [2.75, 3.05) is 0 Å². The molecule has 2 rings (SSSR count). The first kappa shape index (κ1) is 10.6. The van der Waals surface area contributed by atoms with Gasteiger partial charge in [0.05, 0.1) is 11.4 Å². The Kier molecular flexibility index (Phi) is 2.82. The second kappa shape index (κ2) is 4.27. The number of rotatable bonds is 1. The second-order valence-electron chi connectivity index (χ2n) is 3.85. The Bertz CT molecular complexity index is 521. The zero-order valence-corrected chi connectivity index (χ0v) is 9.40. The highest BCUT2D eigenvalue weighted by Crippen LogP contribution is 2.19. The van der Waals surface area contributed by atoms with Gasteiger partial charge in [0.1, 0.15) is 0 Å². The lowest BCUT2D eigenvalue weighted by Gasteiger charge is -2.07. The molecule has 0 saturated heterocycles. The van der Waals surface area contributed by atoms with Gasteiger partial charge < -0.3 is 0 Å². The van der Waals surface area contributed by atoms with E-state index < -0.39 is 0 Å². The Balaban J connectivity index is 2.40. The van der Waals surface area contributed by atoms with Gasteiger partial charge in [0.15, 0.2) is 5.78 Å². The predicted octanol–water partition coefficient (Wildman–Crippen LogP) is 3.15. The van der Waals surface area contributed by atoms with Gasteiger partial charge in [-0.15, -0.1) is 0 Å². The summed E-state index contributed by atoms with van der Waals surface area (Å²) in [5, 5.41) is 0. The molecule has 1 aromatic carbocycles. The van der Waals surface area contributed by atoms with E-state index in [1.54, 1.807) is 18.2 Å². The summed E-state index contributed by atoms with van der Waals surface area (Å²) in [7, 11) is 0. The Morgan fingerprint density at radius 2 is 1.81 bits per heavy atom. The summed E-state index contributed by atoms with van der Waals surface area (Å²) < 4.78 is 0. The first-order valence-electron chi connectivity index (χ1n) is 5.22. The molecule has 1 aromatic rings. The molecule has 0 aliphatic heterocycles. The monoisotopic (exact) mass is 211 g/mol. The van der Waals surface area contributed by atoms with E-state index in [-0.39, 0.29) is 5.78 Å². The molecule has 0 heterocycles. The molecular weight excluding hydrogens is 198 g/mol. The molecule has 0 bridgehead atoms. The van der Waals surface area contributed by atoms with Crippen LogP contribution in [0.15, 0.2) is 53.1 Å². The van der Waals surface area contributed by atoms with Crippen LogP contribution in [0.3, 0.4) is 0 Å². The van der Waals surface area contributed by atoms with Crippen LogP contribution >= 0.6 is 0 Å². The van der Waals surface area contributed by atoms with E-state index >= 15 is 0 Å². The van der Waals surface area contributed by atoms with Gasteiger partial charge in [-0.2, -0.15) is 0 Å². The summed E-state index contributed by atoms with van der Waals surface area (Å²) in [4.78, 5) is 15.7. The number of hydrogen-bond acceptors (Lipinski definition) is 2. The zero-order chi connectivity index (χ0) is 11.5. The van der Waals surface area contributed by atoms with Gasteiger partial charge in [0, 0.05) is 0 Å². The lowest BCUT2D eigenvalue weighted by Crippen LogP contribution is -2.05. The van der Waals surface area contributed by atoms with Crippen molar-refractivity contribution < 1.29 is 4.79 Å². The van der Waals surface area contributed by atoms with Gasteiger partial charge in [0.25, 0.3) is 0 Å². The van der Waals surface area contributed by atoms with Crippen LogP contribution < -0.4 is 0 Å². The highest BCUT2D eigenvalue weighted by molar-refractivity contribution is 6.20. The van der Waals surface area contributed by atoms with Crippen LogP contribution in [0.4, 0.5) is 5.69 Å². The average molecular weight is 211 g/mol. The van der Waals surface area contributed by atoms with E-state index in [0.29, 0.717) is 0 Å². The molecule has 2 heteroatoms. The number of benzene rings is 1. The van der Waals surface area contributed by atoms with Crippen LogP contribution in [0.5, 0.6) is 0 Å². The molecule has 0 radical (unpaired) electrons. The van der Waals surface area contributed by atoms with Crippen molar-refractivity contribution in [2.24, 2.45) is 4.99 Å². The van der Waals surface area contributed by atoms with Crippen molar-refractivity contribution in [3.63, 3.8) is 0 Å². The predicted molar refractivity (Wildman–Crippen MR) is 66.2 cm³/mol. The quantitative estimate of drug-likeness (QED) is 0.656. The maximum Gasteiger partial charge on any atom is 0.179 e. The molecule has 0 N–H and O–H groups in total. The molecule has 0 fully saturated rings. The van der Waals surface area contributed by atoms with E-state index in [1.807, 2.05) is 38.1 Å². The molecule has 16 heavy (non-hydrogen) atoms. The van der Waals surface area contributed by atoms with Crippen molar-refractivity contribution in [1.29, 1.82) is 0 Å². The summed E-state index contributed by atoms with van der Waals surface area (Å²) in [6.45, 7) is 3.93. The topological polar surface area (TPSA) is 29.4 Å². The molecule has 80 valence electrons. The van der Waals surface area contributed by atoms with E-state index in [9.17, 15) is 4.79 Å². The number of hydrogen-bond donors (Lipinski definition) is 0. The fourth-order valence-electron chi connectivity index (χ4n) is 1.57. The van der Waals surface area contributed by atoms with Gasteiger partial charge in [0.2, 0.25) is 0 Å². The van der Waals surface area contributed by atoms with Gasteiger partial charge in [-0.05, 0) is 49.3 Å². The molecule has 2 nitrogen and oxygen atoms in total. The van der Waals surface area contributed by atoms with Gasteiger partial charge in [-0.25, -0.2) is 4.99 Å². The summed E-state index contributed by atoms with van der Waals surface area (Å²) in [6, 6.07) is 7.95. The van der Waals surface area contributed by atoms with Gasteiger partial charge in [-0.3, -0.25) is 4.79 Å². The summed E-state index contributed by atoms with van der Waals surface area (Å²) in [5.74, 6) is 0.0289. The SMILES string of the molecule is CC1=CC(=O)C=CC1=Nc1ccccc1C. The molecule has 0 amide bonds. The number of carbonyl (C=O) groups is 1. The molecule has 0 atom stereocenters. The third-order valence-electron chi connectivity index (χ3n) is 2.52. The molecule has 1 aliphatic rings. The highest BCUT2D eigenvalue weighted by Gasteiger charge is 2.07. The van der Waals surface area contributed by atoms with Crippen LogP contribution in [-0.4, -0.2) is 11.5 Å². The summed E-state index contributed by atoms with van der Waals surface area (Å²) in [6.07, 6.45) is 4.92. The second-order valence-corrected chi connectivity index (χ2v) is 3.85. The lowest BCUT2D eigenvalue weighted by molar-refractivity contribution is -0.110. The van der Waals surface area contributed by atoms with Crippen LogP contribution in [0.1, 0.15) is 12.5 Å². The third kappa shape index (κ3) is 2.16. The largest absolute Gasteiger partial charge is 0.290 e. The molecule has 0 unspecified atom stereocenters. The van der Waals surface area contributed by atoms with Crippen LogP contribution in [-0.2, 0) is 4.79 Å². The number of aryl methyl sites for hydroxylation is 1. The number of ketones is 1. The maximum atomic E-state index is 11.1. The molecule has 1 aliphatic carbocycles. The lowest BCUT2D eigenvalue weighted by atomic mass is 10.0. The van der Waals surface area contributed by atoms with Gasteiger partial charge >= 0.3 is 0 Å². The van der Waals surface area contributed by atoms with Crippen molar-refractivity contribution >= 4 is 17.2 Å². The number of nitrogens with zero attached hydrogens (tertiary/aromatic N) is 1. The van der Waals surface area contributed by atoms with Crippen molar-refractivity contribution in [3.8, 4) is 0 Å². The number of aliphatic imine (C=N–C) groups is 1. The Morgan fingerprint density at radius 1 is 1.06 bits per heavy atom. The smallest absolute Gasteiger partial charge is 0.179 e. The van der Waals surface area contributed by atoms with Crippen molar-refractivity contribution in [3.05, 3.63) is 53.6 Å². The molecular formula is C14H13NO. The number of carbonyl (C=O) groups excluding carboxylic acids is 1. The zero-order valence-electron chi connectivity index (χ0n) is 9.40. The number of para-hydroxylation sites is 1. The normalized spacial score (nSPS) is 17.8. The van der Waals surface area contributed by atoms with Gasteiger partial charge in [-0.1, -0.05) is 18.2 Å². The van der Waals surface area contributed by atoms with E-state index in [1.165, 1.54) is 0 Å². The van der Waals surface area contributed by atoms with E-state index in [2.05, 4.69) is 4.99 Å². The van der Waals surface area contributed by atoms with Crippen LogP contribution in [0, 0.1) is 6.92 Å². The van der Waals surface area contributed by atoms with Crippen LogP contribution in [0.25, 0.3) is 0 Å². The Labute approximate surface area is 95.0 Å². The summed E-state index contributed by atoms with van der Waals surface area (Å²) >= 11 is 0. The first-order chi connectivity index (χ1) is 7.66. The third-order valence-corrected chi connectivity index (χ3v) is 2.52. The number of allylic oxidation sites excluding steroid dienone is 4. The average Bonchev–Trinajstić information content (AvgIpc) is 2.25. The Morgan fingerprint density at radius 3 is 2.50 bits per heavy atom. The minimum Gasteiger partial charge on any atom is -0.290 e. The molecule has 0 saturated carbocycles. The van der Waals surface area contributed by atoms with Crippen LogP contribution in [0.2, 0.25) is 0 Å². The maximum absolute atomic E-state index is 11.1. The Hall–Kier alpha value is -1.96. The minimum atomic E-state index is 0.0289. The highest BCUT2D eigenvalue weighted by atomic mass is 16.1. The minimum absolute atomic E-state index is 0.0289. The first-order valence-corrected chi connectivity index (χ1v) is 5.22. The standard InChI is InChI=1S/C14H13NO/c1-10-5-3-4-6-13(10)15-14-8-7-12(16)9-11(14)2/h3-9H,1-2H3. The van der Waals surface area contributed by atoms with Crippen molar-refractivity contribution in [2.45, 2.75) is 13.8 Å². The van der Waals surface area contributed by atoms with Crippen molar-refractivity contribution in [1.82, 2.24) is 0 Å². The summed E-state index contributed by atoms with van der Waals surface area (Å²) in [5.41, 5.74) is 3.85. The fourth-order valence-corrected chi connectivity index (χ4v) is 1.57. The molecule has 0 aromatic heterocycles. The van der Waals surface area contributed by atoms with E-state index in [0.717, 1.165) is 22.5 Å². The van der Waals surface area contributed by atoms with E-state index in [4.69, 9.17) is 0 Å². The molecule has 0 spiro atoms. The fraction of sp³-hybridized carbons (Fsp3) is 0.143.